The molecular formula is C50H52O4P2. The lowest BCUT2D eigenvalue weighted by molar-refractivity contribution is -0.345. The predicted molar refractivity (Wildman–Crippen MR) is 234 cm³/mol. The van der Waals surface area contributed by atoms with Crippen LogP contribution in [0.5, 0.6) is 0 Å². The summed E-state index contributed by atoms with van der Waals surface area (Å²) < 4.78 is 0. The zero-order chi connectivity index (χ0) is 39.1. The Hall–Kier alpha value is -4.88. The van der Waals surface area contributed by atoms with Crippen LogP contribution in [0.3, 0.4) is 0 Å². The van der Waals surface area contributed by atoms with Gasteiger partial charge < -0.3 is 19.8 Å². The van der Waals surface area contributed by atoms with Gasteiger partial charge in [-0.3, -0.25) is 0 Å². The van der Waals surface area contributed by atoms with Crippen LogP contribution in [0.1, 0.15) is 64.2 Å². The molecule has 0 saturated heterocycles. The second-order valence-electron chi connectivity index (χ2n) is 14.6. The van der Waals surface area contributed by atoms with Gasteiger partial charge in [0.2, 0.25) is 0 Å². The van der Waals surface area contributed by atoms with E-state index in [-0.39, 0.29) is 0 Å². The molecule has 0 N–H and O–H groups in total. The van der Waals surface area contributed by atoms with E-state index in [0.717, 1.165) is 11.3 Å². The van der Waals surface area contributed by atoms with Gasteiger partial charge in [0.05, 0.1) is 23.3 Å². The van der Waals surface area contributed by atoms with Gasteiger partial charge >= 0.3 is 0 Å². The van der Waals surface area contributed by atoms with Crippen molar-refractivity contribution < 1.29 is 19.8 Å². The second kappa shape index (κ2) is 20.3. The summed E-state index contributed by atoms with van der Waals surface area (Å²) in [7, 11) is -3.26. The number of hydrogen-bond acceptors (Lipinski definition) is 4. The van der Waals surface area contributed by atoms with Crippen molar-refractivity contribution in [2.75, 3.05) is 0 Å². The molecule has 0 heterocycles. The van der Waals surface area contributed by atoms with E-state index in [4.69, 9.17) is 19.8 Å². The highest BCUT2D eigenvalue weighted by Gasteiger charge is 2.53. The molecule has 2 saturated carbocycles. The molecule has 6 aromatic rings. The monoisotopic (exact) mass is 778 g/mol. The first-order chi connectivity index (χ1) is 27.5. The minimum absolute atomic E-state index is 0.758. The summed E-state index contributed by atoms with van der Waals surface area (Å²) in [5.74, 6) is -4.37. The third-order valence-corrected chi connectivity index (χ3v) is 21.3. The largest absolute Gasteiger partial charge is 0.543 e. The maximum atomic E-state index is 8.93. The molecule has 286 valence electrons. The maximum Gasteiger partial charge on any atom is 0.115 e. The van der Waals surface area contributed by atoms with Crippen molar-refractivity contribution in [2.24, 2.45) is 0 Å². The van der Waals surface area contributed by atoms with E-state index in [9.17, 15) is 0 Å². The molecular weight excluding hydrogens is 726 g/mol. The lowest BCUT2D eigenvalue weighted by Gasteiger charge is -2.36. The molecule has 0 atom stereocenters. The van der Waals surface area contributed by atoms with E-state index in [0.29, 0.717) is 0 Å². The van der Waals surface area contributed by atoms with Crippen molar-refractivity contribution in [3.63, 3.8) is 0 Å². The molecule has 2 aliphatic carbocycles. The van der Waals surface area contributed by atoms with Crippen LogP contribution >= 0.6 is 14.5 Å². The normalized spacial score (nSPS) is 14.9. The molecule has 0 radical (unpaired) electrons. The Morgan fingerprint density at radius 3 is 0.661 bits per heavy atom. The van der Waals surface area contributed by atoms with Gasteiger partial charge in [0, 0.05) is 0 Å². The third-order valence-electron chi connectivity index (χ3n) is 11.4. The van der Waals surface area contributed by atoms with E-state index in [2.05, 4.69) is 182 Å². The Morgan fingerprint density at radius 1 is 0.321 bits per heavy atom. The van der Waals surface area contributed by atoms with Crippen molar-refractivity contribution in [3.05, 3.63) is 182 Å². The van der Waals surface area contributed by atoms with Crippen molar-refractivity contribution in [1.29, 1.82) is 0 Å². The Labute approximate surface area is 334 Å². The molecule has 0 bridgehead atoms. The van der Waals surface area contributed by atoms with Crippen molar-refractivity contribution in [3.8, 4) is 0 Å². The summed E-state index contributed by atoms with van der Waals surface area (Å²) in [6.45, 7) is 0. The van der Waals surface area contributed by atoms with Gasteiger partial charge in [-0.2, -0.15) is 0 Å². The number of aliphatic carboxylic acids is 2. The van der Waals surface area contributed by atoms with Crippen LogP contribution in [-0.4, -0.2) is 23.3 Å². The molecule has 56 heavy (non-hydrogen) atoms. The summed E-state index contributed by atoms with van der Waals surface area (Å²) in [4.78, 5) is 17.9. The fraction of sp³-hybridized carbons (Fsp3) is 0.240. The van der Waals surface area contributed by atoms with Gasteiger partial charge in [-0.05, 0) is 124 Å². The first-order valence-electron chi connectivity index (χ1n) is 20.0. The minimum Gasteiger partial charge on any atom is -0.543 e. The van der Waals surface area contributed by atoms with Crippen LogP contribution < -0.4 is 42.0 Å². The number of carbonyl (C=O) groups excluding carboxylic acids is 2. The van der Waals surface area contributed by atoms with E-state index in [1.165, 1.54) is 64.2 Å². The molecule has 0 unspecified atom stereocenters. The van der Waals surface area contributed by atoms with E-state index < -0.39 is 26.5 Å². The Bertz CT molecular complexity index is 1700. The smallest absolute Gasteiger partial charge is 0.115 e. The molecule has 0 amide bonds. The maximum absolute atomic E-state index is 8.93. The molecule has 6 aromatic carbocycles. The fourth-order valence-electron chi connectivity index (χ4n) is 9.07. The van der Waals surface area contributed by atoms with E-state index in [1.54, 1.807) is 31.8 Å². The lowest BCUT2D eigenvalue weighted by Crippen LogP contribution is -2.42. The van der Waals surface area contributed by atoms with Gasteiger partial charge in [0.15, 0.2) is 0 Å². The van der Waals surface area contributed by atoms with Crippen LogP contribution in [0.25, 0.3) is 0 Å². The summed E-state index contributed by atoms with van der Waals surface area (Å²) in [6, 6.07) is 68.1. The first-order valence-corrected chi connectivity index (χ1v) is 23.7. The third kappa shape index (κ3) is 9.21. The average Bonchev–Trinajstić information content (AvgIpc) is 3.28. The lowest BCUT2D eigenvalue weighted by atomic mass is 10.0. The zero-order valence-corrected chi connectivity index (χ0v) is 33.9. The van der Waals surface area contributed by atoms with Crippen LogP contribution in [0.4, 0.5) is 0 Å². The SMILES string of the molecule is O=C([O-])C(=O)[O-].c1ccc([P+](c2ccccc2)(c2ccccc2)C2CCCCC2)cc1.c1ccc([P+](c2ccccc2)(c2ccccc2)C2CCCCC2)cc1. The molecule has 0 spiro atoms. The highest BCUT2D eigenvalue weighted by molar-refractivity contribution is 7.96. The molecule has 0 aliphatic heterocycles. The van der Waals surface area contributed by atoms with Crippen LogP contribution in [0.2, 0.25) is 0 Å². The van der Waals surface area contributed by atoms with Gasteiger partial charge in [-0.15, -0.1) is 0 Å². The van der Waals surface area contributed by atoms with Crippen LogP contribution in [0, 0.1) is 0 Å². The van der Waals surface area contributed by atoms with Gasteiger partial charge in [0.25, 0.3) is 0 Å². The molecule has 2 fully saturated rings. The second-order valence-corrected chi connectivity index (χ2v) is 22.1. The standard InChI is InChI=1S/2C24H26P.C2H2O4/c2*1-5-13-21(14-6-1)25(22-15-7-2-8-16-22,23-17-9-3-10-18-23)24-19-11-4-12-20-24;3-1(4)2(5)6/h2*1-3,5-10,13-18,24H,4,11-12,19-20H2;(H,3,4)(H,5,6)/q2*+1;/p-2. The quantitative estimate of drug-likeness (QED) is 0.122. The Balaban J connectivity index is 0.000000166. The van der Waals surface area contributed by atoms with Gasteiger partial charge in [-0.25, -0.2) is 0 Å². The Kier molecular flexibility index (Phi) is 14.8. The highest BCUT2D eigenvalue weighted by Crippen LogP contribution is 2.64. The van der Waals surface area contributed by atoms with Crippen molar-refractivity contribution in [1.82, 2.24) is 0 Å². The minimum atomic E-state index is -2.19. The fourth-order valence-corrected chi connectivity index (χ4v) is 19.5. The Morgan fingerprint density at radius 2 is 0.500 bits per heavy atom. The zero-order valence-electron chi connectivity index (χ0n) is 32.1. The molecule has 8 rings (SSSR count). The van der Waals surface area contributed by atoms with Crippen molar-refractivity contribution >= 4 is 58.3 Å². The van der Waals surface area contributed by atoms with Crippen molar-refractivity contribution in [2.45, 2.75) is 75.5 Å². The topological polar surface area (TPSA) is 80.3 Å². The number of rotatable bonds is 8. The van der Waals surface area contributed by atoms with Crippen LogP contribution in [0.15, 0.2) is 182 Å². The number of carboxylic acids is 2. The molecule has 0 aromatic heterocycles. The summed E-state index contributed by atoms with van der Waals surface area (Å²) in [5, 5.41) is 27.1. The average molecular weight is 779 g/mol. The summed E-state index contributed by atoms with van der Waals surface area (Å²) >= 11 is 0. The van der Waals surface area contributed by atoms with Gasteiger partial charge in [-0.1, -0.05) is 122 Å². The summed E-state index contributed by atoms with van der Waals surface area (Å²) in [5.41, 5.74) is 1.52. The van der Waals surface area contributed by atoms with E-state index >= 15 is 0 Å². The van der Waals surface area contributed by atoms with E-state index in [1.807, 2.05) is 0 Å². The van der Waals surface area contributed by atoms with Gasteiger partial charge in [0.1, 0.15) is 46.4 Å². The summed E-state index contributed by atoms with van der Waals surface area (Å²) in [6.07, 6.45) is 13.7. The molecule has 2 aliphatic rings. The predicted octanol–water partition coefficient (Wildman–Crippen LogP) is 7.11. The molecule has 6 heteroatoms. The number of hydrogen-bond donors (Lipinski definition) is 0. The number of carbonyl (C=O) groups is 2. The number of benzene rings is 6. The first kappa shape index (κ1) is 40.8. The highest BCUT2D eigenvalue weighted by atomic mass is 31.2. The molecule has 4 nitrogen and oxygen atoms in total. The van der Waals surface area contributed by atoms with Crippen LogP contribution in [-0.2, 0) is 9.59 Å². The number of carboxylic acid groups (broad SMARTS) is 2.